The van der Waals surface area contributed by atoms with E-state index in [9.17, 15) is 13.6 Å². The summed E-state index contributed by atoms with van der Waals surface area (Å²) in [5.41, 5.74) is 2.34. The third-order valence-electron chi connectivity index (χ3n) is 4.38. The smallest absolute Gasteiger partial charge is 0.291 e. The van der Waals surface area contributed by atoms with Crippen LogP contribution in [0.1, 0.15) is 48.6 Å². The molecule has 1 aromatic carbocycles. The lowest BCUT2D eigenvalue weighted by atomic mass is 10.0. The second kappa shape index (κ2) is 6.00. The maximum atomic E-state index is 13.4. The van der Waals surface area contributed by atoms with E-state index in [0.29, 0.717) is 19.0 Å². The van der Waals surface area contributed by atoms with Crippen molar-refractivity contribution in [2.45, 2.75) is 46.2 Å². The van der Waals surface area contributed by atoms with Crippen molar-refractivity contribution in [3.8, 4) is 11.3 Å². The zero-order valence-corrected chi connectivity index (χ0v) is 14.1. The molecule has 2 aromatic rings. The van der Waals surface area contributed by atoms with Gasteiger partial charge in [-0.25, -0.2) is 13.8 Å². The quantitative estimate of drug-likeness (QED) is 0.823. The lowest BCUT2D eigenvalue weighted by Gasteiger charge is -2.16. The SMILES string of the molecule is CCCCN1Cn2c(nc(C)c2-c2ccc(C(C)(F)F)cc2)C1=O. The third kappa shape index (κ3) is 2.81. The minimum atomic E-state index is -2.86. The van der Waals surface area contributed by atoms with Crippen molar-refractivity contribution in [3.63, 3.8) is 0 Å². The third-order valence-corrected chi connectivity index (χ3v) is 4.38. The Morgan fingerprint density at radius 1 is 1.25 bits per heavy atom. The summed E-state index contributed by atoms with van der Waals surface area (Å²) in [6, 6.07) is 6.20. The topological polar surface area (TPSA) is 38.1 Å². The second-order valence-electron chi connectivity index (χ2n) is 6.33. The van der Waals surface area contributed by atoms with Gasteiger partial charge in [-0.2, -0.15) is 0 Å². The fourth-order valence-electron chi connectivity index (χ4n) is 3.06. The van der Waals surface area contributed by atoms with Crippen LogP contribution in [0.3, 0.4) is 0 Å². The van der Waals surface area contributed by atoms with Crippen molar-refractivity contribution in [1.29, 1.82) is 0 Å². The number of aromatic nitrogens is 2. The number of hydrogen-bond donors (Lipinski definition) is 0. The van der Waals surface area contributed by atoms with Crippen molar-refractivity contribution in [3.05, 3.63) is 41.3 Å². The Hall–Kier alpha value is -2.24. The van der Waals surface area contributed by atoms with Crippen molar-refractivity contribution in [2.24, 2.45) is 0 Å². The molecule has 1 aliphatic heterocycles. The average Bonchev–Trinajstić information content (AvgIpc) is 3.00. The summed E-state index contributed by atoms with van der Waals surface area (Å²) in [4.78, 5) is 18.6. The fourth-order valence-corrected chi connectivity index (χ4v) is 3.06. The first-order valence-corrected chi connectivity index (χ1v) is 8.18. The molecule has 0 aliphatic carbocycles. The molecule has 0 N–H and O–H groups in total. The molecule has 1 amide bonds. The van der Waals surface area contributed by atoms with E-state index in [4.69, 9.17) is 0 Å². The lowest BCUT2D eigenvalue weighted by Crippen LogP contribution is -2.26. The van der Waals surface area contributed by atoms with Crippen LogP contribution < -0.4 is 0 Å². The van der Waals surface area contributed by atoms with Crippen LogP contribution in [0.4, 0.5) is 8.78 Å². The number of carbonyl (C=O) groups excluding carboxylic acids is 1. The highest BCUT2D eigenvalue weighted by Gasteiger charge is 2.32. The molecule has 0 fully saturated rings. The summed E-state index contributed by atoms with van der Waals surface area (Å²) >= 11 is 0. The van der Waals surface area contributed by atoms with Gasteiger partial charge in [-0.1, -0.05) is 37.6 Å². The number of hydrogen-bond acceptors (Lipinski definition) is 2. The van der Waals surface area contributed by atoms with E-state index in [-0.39, 0.29) is 11.5 Å². The number of rotatable bonds is 5. The summed E-state index contributed by atoms with van der Waals surface area (Å²) in [6.07, 6.45) is 1.97. The molecule has 1 aliphatic rings. The van der Waals surface area contributed by atoms with Gasteiger partial charge < -0.3 is 9.47 Å². The van der Waals surface area contributed by atoms with Crippen LogP contribution in [-0.4, -0.2) is 26.9 Å². The molecule has 0 spiro atoms. The van der Waals surface area contributed by atoms with Crippen LogP contribution in [0.15, 0.2) is 24.3 Å². The van der Waals surface area contributed by atoms with E-state index in [2.05, 4.69) is 11.9 Å². The van der Waals surface area contributed by atoms with E-state index in [1.165, 1.54) is 12.1 Å². The van der Waals surface area contributed by atoms with Crippen molar-refractivity contribution in [1.82, 2.24) is 14.5 Å². The van der Waals surface area contributed by atoms with Gasteiger partial charge in [0.1, 0.15) is 0 Å². The predicted octanol–water partition coefficient (Wildman–Crippen LogP) is 4.18. The largest absolute Gasteiger partial charge is 0.318 e. The van der Waals surface area contributed by atoms with Gasteiger partial charge >= 0.3 is 0 Å². The van der Waals surface area contributed by atoms with Crippen LogP contribution in [-0.2, 0) is 12.6 Å². The maximum Gasteiger partial charge on any atom is 0.291 e. The van der Waals surface area contributed by atoms with E-state index in [1.807, 2.05) is 11.5 Å². The molecule has 0 saturated heterocycles. The minimum Gasteiger partial charge on any atom is -0.318 e. The first kappa shape index (κ1) is 16.6. The molecule has 0 atom stereocenters. The van der Waals surface area contributed by atoms with E-state index in [0.717, 1.165) is 36.7 Å². The molecule has 4 nitrogen and oxygen atoms in total. The number of amides is 1. The molecule has 3 rings (SSSR count). The standard InChI is InChI=1S/C18H21F2N3O/c1-4-5-10-22-11-23-15(12(2)21-16(23)17(22)24)13-6-8-14(9-7-13)18(3,19)20/h6-9H,4-5,10-11H2,1-3H3. The van der Waals surface area contributed by atoms with Crippen LogP contribution in [0.25, 0.3) is 11.3 Å². The number of imidazole rings is 1. The highest BCUT2D eigenvalue weighted by molar-refractivity contribution is 5.94. The average molecular weight is 333 g/mol. The number of nitrogens with zero attached hydrogens (tertiary/aromatic N) is 3. The number of unbranched alkanes of at least 4 members (excludes halogenated alkanes) is 1. The molecular weight excluding hydrogens is 312 g/mol. The van der Waals surface area contributed by atoms with Gasteiger partial charge in [-0.05, 0) is 13.3 Å². The summed E-state index contributed by atoms with van der Waals surface area (Å²) < 4.78 is 28.6. The van der Waals surface area contributed by atoms with E-state index < -0.39 is 5.92 Å². The van der Waals surface area contributed by atoms with Gasteiger partial charge in [0.2, 0.25) is 5.82 Å². The van der Waals surface area contributed by atoms with Crippen LogP contribution in [0.2, 0.25) is 0 Å². The number of benzene rings is 1. The van der Waals surface area contributed by atoms with Crippen LogP contribution >= 0.6 is 0 Å². The molecule has 0 radical (unpaired) electrons. The minimum absolute atomic E-state index is 0.0225. The summed E-state index contributed by atoms with van der Waals surface area (Å²) in [5.74, 6) is -2.49. The number of fused-ring (bicyclic) bond motifs is 1. The Morgan fingerprint density at radius 3 is 2.50 bits per heavy atom. The molecule has 0 bridgehead atoms. The van der Waals surface area contributed by atoms with E-state index >= 15 is 0 Å². The van der Waals surface area contributed by atoms with Gasteiger partial charge in [0.25, 0.3) is 11.8 Å². The molecule has 1 aromatic heterocycles. The maximum absolute atomic E-state index is 13.4. The molecule has 6 heteroatoms. The zero-order chi connectivity index (χ0) is 17.5. The van der Waals surface area contributed by atoms with Gasteiger partial charge in [-0.15, -0.1) is 0 Å². The fraction of sp³-hybridized carbons (Fsp3) is 0.444. The molecule has 0 unspecified atom stereocenters. The molecule has 24 heavy (non-hydrogen) atoms. The molecular formula is C18H21F2N3O. The predicted molar refractivity (Wildman–Crippen MR) is 87.9 cm³/mol. The summed E-state index contributed by atoms with van der Waals surface area (Å²) in [5, 5.41) is 0. The second-order valence-corrected chi connectivity index (χ2v) is 6.33. The highest BCUT2D eigenvalue weighted by atomic mass is 19.3. The molecule has 2 heterocycles. The molecule has 0 saturated carbocycles. The monoisotopic (exact) mass is 333 g/mol. The number of alkyl halides is 2. The molecule has 128 valence electrons. The number of halogens is 2. The first-order chi connectivity index (χ1) is 11.3. The Bertz CT molecular complexity index is 760. The van der Waals surface area contributed by atoms with Gasteiger partial charge in [-0.3, -0.25) is 4.79 Å². The van der Waals surface area contributed by atoms with Crippen molar-refractivity contribution in [2.75, 3.05) is 6.54 Å². The number of carbonyl (C=O) groups is 1. The normalized spacial score (nSPS) is 14.4. The first-order valence-electron chi connectivity index (χ1n) is 8.18. The Morgan fingerprint density at radius 2 is 1.92 bits per heavy atom. The zero-order valence-electron chi connectivity index (χ0n) is 14.1. The van der Waals surface area contributed by atoms with E-state index in [1.54, 1.807) is 17.0 Å². The summed E-state index contributed by atoms with van der Waals surface area (Å²) in [7, 11) is 0. The Kier molecular flexibility index (Phi) is 4.15. The van der Waals surface area contributed by atoms with Gasteiger partial charge in [0, 0.05) is 24.6 Å². The van der Waals surface area contributed by atoms with Crippen molar-refractivity contribution < 1.29 is 13.6 Å². The Labute approximate surface area is 140 Å². The number of aryl methyl sites for hydroxylation is 1. The highest BCUT2D eigenvalue weighted by Crippen LogP contribution is 2.32. The lowest BCUT2D eigenvalue weighted by molar-refractivity contribution is 0.0175. The van der Waals surface area contributed by atoms with Crippen LogP contribution in [0.5, 0.6) is 0 Å². The van der Waals surface area contributed by atoms with Gasteiger partial charge in [0.15, 0.2) is 0 Å². The Balaban J connectivity index is 1.94. The summed E-state index contributed by atoms with van der Waals surface area (Å²) in [6.45, 7) is 5.98. The van der Waals surface area contributed by atoms with Crippen LogP contribution in [0, 0.1) is 6.92 Å². The van der Waals surface area contributed by atoms with Gasteiger partial charge in [0.05, 0.1) is 18.1 Å². The van der Waals surface area contributed by atoms with Crippen molar-refractivity contribution >= 4 is 5.91 Å².